The molecule has 88 valence electrons. The van der Waals surface area contributed by atoms with Crippen LogP contribution in [0.1, 0.15) is 10.5 Å². The number of para-hydroxylation sites is 1. The van der Waals surface area contributed by atoms with Crippen molar-refractivity contribution >= 4 is 16.8 Å². The molecule has 0 N–H and O–H groups in total. The molecule has 0 unspecified atom stereocenters. The van der Waals surface area contributed by atoms with Crippen molar-refractivity contribution in [3.8, 4) is 0 Å². The van der Waals surface area contributed by atoms with E-state index in [1.165, 1.54) is 17.0 Å². The van der Waals surface area contributed by atoms with Gasteiger partial charge in [-0.2, -0.15) is 0 Å². The maximum absolute atomic E-state index is 13.7. The number of rotatable bonds is 1. The van der Waals surface area contributed by atoms with Crippen LogP contribution < -0.4 is 0 Å². The van der Waals surface area contributed by atoms with Crippen molar-refractivity contribution in [2.24, 2.45) is 0 Å². The largest absolute Gasteiger partial charge is 0.281 e. The Kier molecular flexibility index (Phi) is 2.41. The lowest BCUT2D eigenvalue weighted by molar-refractivity contribution is 0.0959. The molecule has 2 heterocycles. The van der Waals surface area contributed by atoms with Gasteiger partial charge in [0.05, 0.1) is 5.52 Å². The number of carbonyl (C=O) groups excluding carboxylic acids is 1. The molecule has 3 rings (SSSR count). The van der Waals surface area contributed by atoms with E-state index in [0.29, 0.717) is 16.6 Å². The summed E-state index contributed by atoms with van der Waals surface area (Å²) in [4.78, 5) is 16.2. The van der Waals surface area contributed by atoms with Crippen molar-refractivity contribution in [3.05, 3.63) is 66.4 Å². The molecule has 0 saturated carbocycles. The third-order valence-corrected chi connectivity index (χ3v) is 2.77. The van der Waals surface area contributed by atoms with Crippen molar-refractivity contribution < 1.29 is 9.18 Å². The second-order valence-corrected chi connectivity index (χ2v) is 3.88. The van der Waals surface area contributed by atoms with E-state index in [4.69, 9.17) is 0 Å². The van der Waals surface area contributed by atoms with Gasteiger partial charge in [-0.25, -0.2) is 4.39 Å². The summed E-state index contributed by atoms with van der Waals surface area (Å²) in [6, 6.07) is 11.9. The number of pyridine rings is 1. The van der Waals surface area contributed by atoms with Gasteiger partial charge in [0.1, 0.15) is 11.5 Å². The van der Waals surface area contributed by atoms with Crippen LogP contribution in [-0.4, -0.2) is 15.5 Å². The van der Waals surface area contributed by atoms with Gasteiger partial charge in [0.25, 0.3) is 5.91 Å². The predicted molar refractivity (Wildman–Crippen MR) is 65.9 cm³/mol. The Balaban J connectivity index is 2.19. The molecule has 3 nitrogen and oxygen atoms in total. The Labute approximate surface area is 103 Å². The fourth-order valence-electron chi connectivity index (χ4n) is 1.92. The highest BCUT2D eigenvalue weighted by atomic mass is 19.1. The summed E-state index contributed by atoms with van der Waals surface area (Å²) in [5.41, 5.74) is 0.837. The summed E-state index contributed by atoms with van der Waals surface area (Å²) in [5.74, 6) is -0.745. The second-order valence-electron chi connectivity index (χ2n) is 3.88. The van der Waals surface area contributed by atoms with Crippen LogP contribution in [0.5, 0.6) is 0 Å². The first-order chi connectivity index (χ1) is 8.77. The van der Waals surface area contributed by atoms with Gasteiger partial charge >= 0.3 is 0 Å². The first-order valence-corrected chi connectivity index (χ1v) is 5.49. The fraction of sp³-hybridized carbons (Fsp3) is 0. The number of halogens is 1. The highest BCUT2D eigenvalue weighted by Gasteiger charge is 2.15. The lowest BCUT2D eigenvalue weighted by Crippen LogP contribution is -2.12. The lowest BCUT2D eigenvalue weighted by atomic mass is 10.2. The number of hydrogen-bond donors (Lipinski definition) is 0. The minimum absolute atomic E-state index is 0.290. The molecule has 0 radical (unpaired) electrons. The van der Waals surface area contributed by atoms with E-state index in [1.807, 2.05) is 0 Å². The van der Waals surface area contributed by atoms with E-state index >= 15 is 0 Å². The molecule has 0 saturated heterocycles. The van der Waals surface area contributed by atoms with Crippen molar-refractivity contribution in [1.29, 1.82) is 0 Å². The first kappa shape index (κ1) is 10.7. The van der Waals surface area contributed by atoms with Crippen LogP contribution in [0.4, 0.5) is 4.39 Å². The first-order valence-electron chi connectivity index (χ1n) is 5.49. The number of hydrogen-bond acceptors (Lipinski definition) is 2. The number of benzene rings is 1. The number of carbonyl (C=O) groups is 1. The lowest BCUT2D eigenvalue weighted by Gasteiger charge is -2.02. The summed E-state index contributed by atoms with van der Waals surface area (Å²) in [5, 5.41) is 0.432. The molecule has 0 aliphatic rings. The summed E-state index contributed by atoms with van der Waals surface area (Å²) in [7, 11) is 0. The molecule has 0 amide bonds. The maximum Gasteiger partial charge on any atom is 0.281 e. The van der Waals surface area contributed by atoms with Gasteiger partial charge in [-0.3, -0.25) is 14.3 Å². The molecule has 0 fully saturated rings. The van der Waals surface area contributed by atoms with Crippen molar-refractivity contribution in [2.45, 2.75) is 0 Å². The maximum atomic E-state index is 13.7. The van der Waals surface area contributed by atoms with Crippen LogP contribution in [-0.2, 0) is 0 Å². The van der Waals surface area contributed by atoms with E-state index in [1.54, 1.807) is 42.5 Å². The van der Waals surface area contributed by atoms with E-state index in [0.717, 1.165) is 0 Å². The molecule has 0 spiro atoms. The molecule has 3 aromatic rings. The minimum atomic E-state index is -0.408. The normalized spacial score (nSPS) is 10.7. The number of nitrogens with zero attached hydrogens (tertiary/aromatic N) is 2. The molecule has 0 aliphatic heterocycles. The molecule has 0 aliphatic carbocycles. The average molecular weight is 240 g/mol. The van der Waals surface area contributed by atoms with Crippen LogP contribution in [0, 0.1) is 5.82 Å². The Morgan fingerprint density at radius 1 is 1.11 bits per heavy atom. The molecule has 4 heteroatoms. The highest BCUT2D eigenvalue weighted by molar-refractivity contribution is 6.00. The highest BCUT2D eigenvalue weighted by Crippen LogP contribution is 2.20. The minimum Gasteiger partial charge on any atom is -0.279 e. The van der Waals surface area contributed by atoms with Gasteiger partial charge in [-0.05, 0) is 24.3 Å². The van der Waals surface area contributed by atoms with Crippen LogP contribution in [0.25, 0.3) is 10.9 Å². The Morgan fingerprint density at radius 2 is 1.89 bits per heavy atom. The smallest absolute Gasteiger partial charge is 0.279 e. The molecule has 2 aromatic heterocycles. The van der Waals surface area contributed by atoms with Crippen molar-refractivity contribution in [1.82, 2.24) is 9.55 Å². The quantitative estimate of drug-likeness (QED) is 0.655. The standard InChI is InChI=1S/C14H9FN2O/c15-11-9-17(13-7-2-1-5-10(11)13)14(18)12-6-3-4-8-16-12/h1-9H. The monoisotopic (exact) mass is 240 g/mol. The summed E-state index contributed by atoms with van der Waals surface area (Å²) in [6.07, 6.45) is 2.73. The van der Waals surface area contributed by atoms with Crippen molar-refractivity contribution in [3.63, 3.8) is 0 Å². The van der Waals surface area contributed by atoms with E-state index < -0.39 is 5.82 Å². The zero-order chi connectivity index (χ0) is 12.5. The molecular formula is C14H9FN2O. The van der Waals surface area contributed by atoms with Crippen LogP contribution >= 0.6 is 0 Å². The Hall–Kier alpha value is -2.49. The number of fused-ring (bicyclic) bond motifs is 1. The third kappa shape index (κ3) is 1.59. The van der Waals surface area contributed by atoms with E-state index in [9.17, 15) is 9.18 Å². The van der Waals surface area contributed by atoms with Crippen LogP contribution in [0.15, 0.2) is 54.9 Å². The molecule has 0 atom stereocenters. The van der Waals surface area contributed by atoms with E-state index in [-0.39, 0.29) is 5.91 Å². The van der Waals surface area contributed by atoms with Crippen LogP contribution in [0.3, 0.4) is 0 Å². The zero-order valence-electron chi connectivity index (χ0n) is 9.38. The summed E-state index contributed by atoms with van der Waals surface area (Å²) >= 11 is 0. The van der Waals surface area contributed by atoms with E-state index in [2.05, 4.69) is 4.98 Å². The van der Waals surface area contributed by atoms with Gasteiger partial charge in [0, 0.05) is 17.8 Å². The second kappa shape index (κ2) is 4.07. The SMILES string of the molecule is O=C(c1ccccn1)n1cc(F)c2ccccc21. The molecule has 1 aromatic carbocycles. The van der Waals surface area contributed by atoms with Gasteiger partial charge in [0.15, 0.2) is 0 Å². The van der Waals surface area contributed by atoms with Gasteiger partial charge in [-0.1, -0.05) is 18.2 Å². The number of aromatic nitrogens is 2. The van der Waals surface area contributed by atoms with Gasteiger partial charge < -0.3 is 0 Å². The zero-order valence-corrected chi connectivity index (χ0v) is 9.38. The average Bonchev–Trinajstić information content (AvgIpc) is 2.77. The fourth-order valence-corrected chi connectivity index (χ4v) is 1.92. The summed E-state index contributed by atoms with van der Waals surface area (Å²) < 4.78 is 15.0. The topological polar surface area (TPSA) is 34.9 Å². The van der Waals surface area contributed by atoms with Gasteiger partial charge in [0.2, 0.25) is 0 Å². The third-order valence-electron chi connectivity index (χ3n) is 2.77. The Morgan fingerprint density at radius 3 is 2.67 bits per heavy atom. The molecule has 0 bridgehead atoms. The summed E-state index contributed by atoms with van der Waals surface area (Å²) in [6.45, 7) is 0. The molecule has 18 heavy (non-hydrogen) atoms. The predicted octanol–water partition coefficient (Wildman–Crippen LogP) is 2.86. The van der Waals surface area contributed by atoms with Crippen molar-refractivity contribution in [2.75, 3.05) is 0 Å². The molecular weight excluding hydrogens is 231 g/mol. The van der Waals surface area contributed by atoms with Crippen LogP contribution in [0.2, 0.25) is 0 Å². The Bertz CT molecular complexity index is 719. The van der Waals surface area contributed by atoms with Gasteiger partial charge in [-0.15, -0.1) is 0 Å².